The van der Waals surface area contributed by atoms with Crippen LogP contribution in [0, 0.1) is 5.41 Å². The summed E-state index contributed by atoms with van der Waals surface area (Å²) in [5, 5.41) is 34.0. The van der Waals surface area contributed by atoms with Crippen molar-refractivity contribution >= 4 is 0 Å². The van der Waals surface area contributed by atoms with Crippen molar-refractivity contribution in [1.29, 1.82) is 0 Å². The molecule has 0 bridgehead atoms. The van der Waals surface area contributed by atoms with Crippen molar-refractivity contribution in [3.8, 4) is 0 Å². The Hall–Kier alpha value is -0.160. The number of aliphatic hydroxyl groups is 4. The Bertz CT molecular complexity index is 105. The lowest BCUT2D eigenvalue weighted by Gasteiger charge is -2.31. The minimum Gasteiger partial charge on any atom is -0.396 e. The van der Waals surface area contributed by atoms with E-state index in [2.05, 4.69) is 0 Å². The summed E-state index contributed by atoms with van der Waals surface area (Å²) in [6, 6.07) is 0. The van der Waals surface area contributed by atoms with Crippen molar-refractivity contribution in [2.24, 2.45) is 5.41 Å². The van der Waals surface area contributed by atoms with Gasteiger partial charge in [-0.15, -0.1) is 0 Å². The maximum atomic E-state index is 8.91. The maximum absolute atomic E-state index is 8.91. The van der Waals surface area contributed by atoms with E-state index in [0.29, 0.717) is 0 Å². The zero-order valence-corrected chi connectivity index (χ0v) is 9.62. The molecule has 0 aromatic heterocycles. The summed E-state index contributed by atoms with van der Waals surface area (Å²) in [4.78, 5) is 0. The summed E-state index contributed by atoms with van der Waals surface area (Å²) in [5.41, 5.74) is -0.451. The lowest BCUT2D eigenvalue weighted by molar-refractivity contribution is -0.212. The van der Waals surface area contributed by atoms with Gasteiger partial charge in [0.1, 0.15) is 0 Å². The van der Waals surface area contributed by atoms with Gasteiger partial charge in [-0.3, -0.25) is 0 Å². The van der Waals surface area contributed by atoms with E-state index in [0.717, 1.165) is 12.8 Å². The van der Waals surface area contributed by atoms with Gasteiger partial charge in [-0.05, 0) is 19.8 Å². The van der Waals surface area contributed by atoms with Crippen LogP contribution in [0.25, 0.3) is 0 Å². The van der Waals surface area contributed by atoms with Gasteiger partial charge in [0.15, 0.2) is 5.79 Å². The Morgan fingerprint density at radius 3 is 1.07 bits per heavy atom. The molecule has 88 valence electrons. The summed E-state index contributed by atoms with van der Waals surface area (Å²) in [5.74, 6) is -1.56. The van der Waals surface area contributed by atoms with Gasteiger partial charge in [0.25, 0.3) is 0 Å². The summed E-state index contributed by atoms with van der Waals surface area (Å²) in [7, 11) is 0. The van der Waals surface area contributed by atoms with Crippen LogP contribution in [0.2, 0.25) is 0 Å². The van der Waals surface area contributed by atoms with Crippen LogP contribution in [0.5, 0.6) is 0 Å². The summed E-state index contributed by atoms with van der Waals surface area (Å²) in [6.45, 7) is 7.08. The molecule has 0 heterocycles. The lowest BCUT2D eigenvalue weighted by Crippen LogP contribution is -2.39. The summed E-state index contributed by atoms with van der Waals surface area (Å²) in [6.07, 6.45) is 1.44. The van der Waals surface area contributed by atoms with Crippen molar-refractivity contribution < 1.29 is 20.4 Å². The zero-order chi connectivity index (χ0) is 11.8. The number of hydrogen-bond donors (Lipinski definition) is 4. The van der Waals surface area contributed by atoms with Crippen LogP contribution in [0.15, 0.2) is 0 Å². The van der Waals surface area contributed by atoms with Crippen molar-refractivity contribution in [3.05, 3.63) is 0 Å². The minimum atomic E-state index is -1.56. The first kappa shape index (κ1) is 16.3. The first-order valence-electron chi connectivity index (χ1n) is 4.83. The topological polar surface area (TPSA) is 80.9 Å². The van der Waals surface area contributed by atoms with Crippen molar-refractivity contribution in [2.75, 3.05) is 13.2 Å². The molecule has 0 spiro atoms. The number of aliphatic hydroxyl groups excluding tert-OH is 2. The molecule has 0 unspecified atom stereocenters. The van der Waals surface area contributed by atoms with Crippen LogP contribution in [-0.4, -0.2) is 39.4 Å². The lowest BCUT2D eigenvalue weighted by atomic mass is 9.87. The third-order valence-electron chi connectivity index (χ3n) is 1.99. The molecule has 0 aromatic carbocycles. The minimum absolute atomic E-state index is 0.195. The van der Waals surface area contributed by atoms with Gasteiger partial charge in [0, 0.05) is 18.6 Å². The molecule has 0 rings (SSSR count). The Morgan fingerprint density at radius 1 is 0.786 bits per heavy atom. The van der Waals surface area contributed by atoms with E-state index in [4.69, 9.17) is 20.4 Å². The Kier molecular flexibility index (Phi) is 8.34. The molecule has 0 aromatic rings. The smallest absolute Gasteiger partial charge is 0.164 e. The third kappa shape index (κ3) is 9.92. The van der Waals surface area contributed by atoms with Gasteiger partial charge >= 0.3 is 0 Å². The molecule has 0 aliphatic rings. The summed E-state index contributed by atoms with van der Waals surface area (Å²) < 4.78 is 0. The molecule has 4 heteroatoms. The molecular weight excluding hydrogens is 184 g/mol. The Morgan fingerprint density at radius 2 is 1.00 bits per heavy atom. The maximum Gasteiger partial charge on any atom is 0.164 e. The van der Waals surface area contributed by atoms with Gasteiger partial charge in [0.05, 0.1) is 0 Å². The number of unbranched alkanes of at least 4 members (excludes halogenated alkanes) is 1. The molecular formula is C10H24O4. The molecule has 0 saturated carbocycles. The first-order chi connectivity index (χ1) is 6.16. The van der Waals surface area contributed by atoms with E-state index < -0.39 is 11.2 Å². The Balaban J connectivity index is 0. The number of rotatable bonds is 3. The molecule has 0 amide bonds. The molecule has 0 radical (unpaired) electrons. The SMILES string of the molecule is CC(C)(C)C(C)(O)O.OCCCCO. The van der Waals surface area contributed by atoms with Crippen LogP contribution < -0.4 is 0 Å². The first-order valence-corrected chi connectivity index (χ1v) is 4.83. The van der Waals surface area contributed by atoms with Gasteiger partial charge < -0.3 is 20.4 Å². The quantitative estimate of drug-likeness (QED) is 0.402. The fraction of sp³-hybridized carbons (Fsp3) is 1.00. The molecule has 0 atom stereocenters. The molecule has 0 saturated heterocycles. The third-order valence-corrected chi connectivity index (χ3v) is 1.99. The second-order valence-corrected chi connectivity index (χ2v) is 4.43. The monoisotopic (exact) mass is 208 g/mol. The summed E-state index contributed by atoms with van der Waals surface area (Å²) >= 11 is 0. The fourth-order valence-corrected chi connectivity index (χ4v) is 0.224. The second-order valence-electron chi connectivity index (χ2n) is 4.43. The average molecular weight is 208 g/mol. The normalized spacial score (nSPS) is 12.0. The van der Waals surface area contributed by atoms with E-state index in [1.807, 2.05) is 0 Å². The van der Waals surface area contributed by atoms with Gasteiger partial charge in [-0.2, -0.15) is 0 Å². The Labute approximate surface area is 86.2 Å². The van der Waals surface area contributed by atoms with E-state index in [9.17, 15) is 0 Å². The van der Waals surface area contributed by atoms with E-state index in [1.165, 1.54) is 6.92 Å². The van der Waals surface area contributed by atoms with Crippen molar-refractivity contribution in [1.82, 2.24) is 0 Å². The number of hydrogen-bond acceptors (Lipinski definition) is 4. The van der Waals surface area contributed by atoms with Crippen LogP contribution >= 0.6 is 0 Å². The van der Waals surface area contributed by atoms with Crippen molar-refractivity contribution in [3.63, 3.8) is 0 Å². The van der Waals surface area contributed by atoms with Gasteiger partial charge in [-0.1, -0.05) is 20.8 Å². The molecule has 14 heavy (non-hydrogen) atoms. The van der Waals surface area contributed by atoms with Crippen LogP contribution in [0.1, 0.15) is 40.5 Å². The highest BCUT2D eigenvalue weighted by atomic mass is 16.5. The highest BCUT2D eigenvalue weighted by Crippen LogP contribution is 2.26. The molecule has 0 fully saturated rings. The van der Waals surface area contributed by atoms with Crippen molar-refractivity contribution in [2.45, 2.75) is 46.3 Å². The van der Waals surface area contributed by atoms with E-state index in [1.54, 1.807) is 20.8 Å². The molecule has 0 aliphatic carbocycles. The van der Waals surface area contributed by atoms with Gasteiger partial charge in [0.2, 0.25) is 0 Å². The van der Waals surface area contributed by atoms with Crippen LogP contribution in [-0.2, 0) is 0 Å². The highest BCUT2D eigenvalue weighted by Gasteiger charge is 2.32. The molecule has 4 N–H and O–H groups in total. The van der Waals surface area contributed by atoms with Gasteiger partial charge in [-0.25, -0.2) is 0 Å². The van der Waals surface area contributed by atoms with Crippen LogP contribution in [0.3, 0.4) is 0 Å². The largest absolute Gasteiger partial charge is 0.396 e. The molecule has 4 nitrogen and oxygen atoms in total. The standard InChI is InChI=1S/C6H14O2.C4H10O2/c1-5(2,3)6(4,7)8;5-3-1-2-4-6/h7-8H,1-4H3;5-6H,1-4H2. The predicted octanol–water partition coefficient (Wildman–Crippen LogP) is 0.484. The fourth-order valence-electron chi connectivity index (χ4n) is 0.224. The average Bonchev–Trinajstić information content (AvgIpc) is 1.98. The molecule has 0 aliphatic heterocycles. The van der Waals surface area contributed by atoms with Crippen LogP contribution in [0.4, 0.5) is 0 Å². The predicted molar refractivity (Wildman–Crippen MR) is 55.7 cm³/mol. The highest BCUT2D eigenvalue weighted by molar-refractivity contribution is 4.74. The van der Waals surface area contributed by atoms with E-state index in [-0.39, 0.29) is 13.2 Å². The second kappa shape index (κ2) is 7.17. The van der Waals surface area contributed by atoms with E-state index >= 15 is 0 Å². The zero-order valence-electron chi connectivity index (χ0n) is 9.62.